The van der Waals surface area contributed by atoms with Crippen LogP contribution in [-0.4, -0.2) is 26.4 Å². The monoisotopic (exact) mass is 306 g/mol. The molecule has 3 aromatic rings. The van der Waals surface area contributed by atoms with Crippen molar-refractivity contribution in [3.8, 4) is 5.75 Å². The second kappa shape index (κ2) is 5.33. The molecule has 0 aliphatic heterocycles. The maximum absolute atomic E-state index is 13.7. The molecule has 0 bridgehead atoms. The van der Waals surface area contributed by atoms with E-state index in [1.807, 2.05) is 24.0 Å². The quantitative estimate of drug-likeness (QED) is 0.754. The van der Waals surface area contributed by atoms with Crippen LogP contribution in [0, 0.1) is 10.6 Å². The molecule has 7 heteroatoms. The van der Waals surface area contributed by atoms with Crippen LogP contribution in [0.4, 0.5) is 4.39 Å². The van der Waals surface area contributed by atoms with E-state index >= 15 is 0 Å². The number of nitrogens with one attached hydrogen (secondary N) is 1. The van der Waals surface area contributed by atoms with Crippen LogP contribution in [0.2, 0.25) is 0 Å². The largest absolute Gasteiger partial charge is 0.494 e. The van der Waals surface area contributed by atoms with Crippen molar-refractivity contribution in [2.45, 2.75) is 13.0 Å². The maximum atomic E-state index is 13.7. The van der Waals surface area contributed by atoms with Crippen LogP contribution >= 0.6 is 12.2 Å². The topological polar surface area (TPSA) is 47.8 Å². The molecule has 2 heterocycles. The fraction of sp³-hybridized carbons (Fsp3) is 0.286. The van der Waals surface area contributed by atoms with Crippen molar-refractivity contribution >= 4 is 23.3 Å². The lowest BCUT2D eigenvalue weighted by molar-refractivity contribution is 0.387. The second-order valence-corrected chi connectivity index (χ2v) is 5.24. The Balaban J connectivity index is 1.97. The number of rotatable bonds is 4. The first kappa shape index (κ1) is 13.8. The van der Waals surface area contributed by atoms with E-state index in [0.29, 0.717) is 16.8 Å². The minimum atomic E-state index is -0.402. The zero-order valence-corrected chi connectivity index (χ0v) is 12.6. The van der Waals surface area contributed by atoms with Gasteiger partial charge in [0.2, 0.25) is 0 Å². The van der Waals surface area contributed by atoms with Gasteiger partial charge in [-0.1, -0.05) is 0 Å². The first-order valence-corrected chi connectivity index (χ1v) is 6.93. The van der Waals surface area contributed by atoms with Crippen molar-refractivity contribution in [1.82, 2.24) is 19.3 Å². The van der Waals surface area contributed by atoms with Crippen molar-refractivity contribution < 1.29 is 9.13 Å². The van der Waals surface area contributed by atoms with Crippen LogP contribution in [0.5, 0.6) is 5.75 Å². The number of aryl methyl sites for hydroxylation is 3. The van der Waals surface area contributed by atoms with E-state index in [-0.39, 0.29) is 5.75 Å². The van der Waals surface area contributed by atoms with Crippen LogP contribution in [0.15, 0.2) is 24.5 Å². The Morgan fingerprint density at radius 2 is 2.24 bits per heavy atom. The molecule has 2 aromatic heterocycles. The molecule has 0 saturated heterocycles. The number of ether oxygens (including phenoxy) is 1. The summed E-state index contributed by atoms with van der Waals surface area (Å²) in [7, 11) is 3.33. The van der Waals surface area contributed by atoms with Crippen LogP contribution in [0.25, 0.3) is 11.0 Å². The molecule has 0 saturated carbocycles. The van der Waals surface area contributed by atoms with Gasteiger partial charge >= 0.3 is 0 Å². The number of fused-ring (bicyclic) bond motifs is 1. The molecule has 0 radical (unpaired) electrons. The second-order valence-electron chi connectivity index (χ2n) is 4.86. The Kier molecular flexibility index (Phi) is 3.50. The van der Waals surface area contributed by atoms with Crippen LogP contribution in [-0.2, 0) is 20.0 Å². The summed E-state index contributed by atoms with van der Waals surface area (Å²) in [6.45, 7) is 0.694. The summed E-state index contributed by atoms with van der Waals surface area (Å²) >= 11 is 5.32. The molecular formula is C14H15FN4OS. The van der Waals surface area contributed by atoms with E-state index in [4.69, 9.17) is 17.0 Å². The molecule has 0 atom stereocenters. The molecule has 21 heavy (non-hydrogen) atoms. The Bertz CT molecular complexity index is 848. The fourth-order valence-electron chi connectivity index (χ4n) is 2.38. The summed E-state index contributed by atoms with van der Waals surface area (Å²) in [4.78, 5) is 3.02. The highest BCUT2D eigenvalue weighted by atomic mass is 32.1. The number of hydrogen-bond acceptors (Lipinski definition) is 3. The van der Waals surface area contributed by atoms with Crippen molar-refractivity contribution in [2.75, 3.05) is 7.11 Å². The van der Waals surface area contributed by atoms with Crippen LogP contribution in [0.1, 0.15) is 5.56 Å². The third-order valence-electron chi connectivity index (χ3n) is 3.43. The van der Waals surface area contributed by atoms with Gasteiger partial charge in [0.25, 0.3) is 0 Å². The Morgan fingerprint density at radius 3 is 2.90 bits per heavy atom. The van der Waals surface area contributed by atoms with Gasteiger partial charge in [-0.3, -0.25) is 4.68 Å². The van der Waals surface area contributed by atoms with Gasteiger partial charge in [0.1, 0.15) is 0 Å². The highest BCUT2D eigenvalue weighted by Crippen LogP contribution is 2.24. The van der Waals surface area contributed by atoms with E-state index in [0.717, 1.165) is 17.5 Å². The van der Waals surface area contributed by atoms with Gasteiger partial charge in [0.05, 0.1) is 24.3 Å². The van der Waals surface area contributed by atoms with E-state index in [1.165, 1.54) is 13.2 Å². The molecule has 110 valence electrons. The van der Waals surface area contributed by atoms with Crippen LogP contribution in [0.3, 0.4) is 0 Å². The average Bonchev–Trinajstić information content (AvgIpc) is 2.98. The number of aromatic amines is 1. The Morgan fingerprint density at radius 1 is 1.43 bits per heavy atom. The third-order valence-corrected chi connectivity index (χ3v) is 3.75. The summed E-state index contributed by atoms with van der Waals surface area (Å²) in [5.74, 6) is -0.188. The molecule has 0 amide bonds. The predicted molar refractivity (Wildman–Crippen MR) is 80.5 cm³/mol. The number of benzene rings is 1. The molecule has 3 rings (SSSR count). The summed E-state index contributed by atoms with van der Waals surface area (Å²) < 4.78 is 23.0. The van der Waals surface area contributed by atoms with Crippen LogP contribution < -0.4 is 4.74 Å². The molecular weight excluding hydrogens is 291 g/mol. The van der Waals surface area contributed by atoms with Crippen molar-refractivity contribution in [3.63, 3.8) is 0 Å². The third kappa shape index (κ3) is 2.56. The highest BCUT2D eigenvalue weighted by Gasteiger charge is 2.10. The minimum absolute atomic E-state index is 0.214. The summed E-state index contributed by atoms with van der Waals surface area (Å²) in [6, 6.07) is 3.07. The zero-order chi connectivity index (χ0) is 15.0. The lowest BCUT2D eigenvalue weighted by Gasteiger charge is -2.05. The maximum Gasteiger partial charge on any atom is 0.178 e. The minimum Gasteiger partial charge on any atom is -0.494 e. The average molecular weight is 306 g/mol. The predicted octanol–water partition coefficient (Wildman–Crippen LogP) is 2.82. The molecule has 0 aliphatic carbocycles. The summed E-state index contributed by atoms with van der Waals surface area (Å²) in [6.07, 6.45) is 4.60. The van der Waals surface area contributed by atoms with Gasteiger partial charge in [-0.05, 0) is 24.2 Å². The zero-order valence-electron chi connectivity index (χ0n) is 11.8. The molecule has 5 nitrogen and oxygen atoms in total. The summed E-state index contributed by atoms with van der Waals surface area (Å²) in [5, 5.41) is 4.14. The normalized spacial score (nSPS) is 11.2. The molecule has 1 aromatic carbocycles. The number of H-pyrrole nitrogens is 1. The first-order chi connectivity index (χ1) is 10.1. The van der Waals surface area contributed by atoms with Gasteiger partial charge in [0.15, 0.2) is 16.3 Å². The van der Waals surface area contributed by atoms with Gasteiger partial charge in [0, 0.05) is 31.9 Å². The van der Waals surface area contributed by atoms with E-state index in [1.54, 1.807) is 10.7 Å². The van der Waals surface area contributed by atoms with Crippen molar-refractivity contribution in [2.24, 2.45) is 7.05 Å². The number of aromatic nitrogens is 4. The molecule has 0 unspecified atom stereocenters. The molecule has 1 N–H and O–H groups in total. The van der Waals surface area contributed by atoms with Gasteiger partial charge in [-0.15, -0.1) is 0 Å². The Hall–Kier alpha value is -2.15. The number of methoxy groups -OCH3 is 1. The molecule has 0 aliphatic rings. The number of nitrogens with zero attached hydrogens (tertiary/aromatic N) is 3. The lowest BCUT2D eigenvalue weighted by Crippen LogP contribution is -2.01. The molecule has 0 fully saturated rings. The number of imidazole rings is 1. The lowest BCUT2D eigenvalue weighted by atomic mass is 10.2. The van der Waals surface area contributed by atoms with E-state index < -0.39 is 5.82 Å². The number of halogens is 1. The van der Waals surface area contributed by atoms with Crippen molar-refractivity contribution in [3.05, 3.63) is 40.7 Å². The summed E-state index contributed by atoms with van der Waals surface area (Å²) in [5.41, 5.74) is 2.63. The van der Waals surface area contributed by atoms with E-state index in [9.17, 15) is 4.39 Å². The van der Waals surface area contributed by atoms with E-state index in [2.05, 4.69) is 10.1 Å². The first-order valence-electron chi connectivity index (χ1n) is 6.52. The SMILES string of the molecule is COc1cc2c(cc1F)[nH]c(=S)n2CCc1cnn(C)c1. The van der Waals surface area contributed by atoms with Gasteiger partial charge in [-0.2, -0.15) is 5.10 Å². The highest BCUT2D eigenvalue weighted by molar-refractivity contribution is 7.71. The number of hydrogen-bond donors (Lipinski definition) is 1. The fourth-order valence-corrected chi connectivity index (χ4v) is 2.68. The van der Waals surface area contributed by atoms with Crippen molar-refractivity contribution in [1.29, 1.82) is 0 Å². The van der Waals surface area contributed by atoms with Gasteiger partial charge in [-0.25, -0.2) is 4.39 Å². The smallest absolute Gasteiger partial charge is 0.178 e. The standard InChI is InChI=1S/C14H15FN4OS/c1-18-8-9(7-16-18)3-4-19-12-6-13(20-2)10(15)5-11(12)17-14(19)21/h5-8H,3-4H2,1-2H3,(H,17,21). The molecule has 0 spiro atoms. The Labute approximate surface area is 126 Å². The van der Waals surface area contributed by atoms with Gasteiger partial charge < -0.3 is 14.3 Å².